The highest BCUT2D eigenvalue weighted by Crippen LogP contribution is 1.83. The van der Waals surface area contributed by atoms with Gasteiger partial charge in [-0.2, -0.15) is 0 Å². The lowest BCUT2D eigenvalue weighted by molar-refractivity contribution is 0.204. The third-order valence-electron chi connectivity index (χ3n) is 0.476. The molecular weight excluding hydrogens is 94.0 g/mol. The number of carbonyl (C=O) groups excluding carboxylic acids is 1. The molecule has 3 heteroatoms. The van der Waals surface area contributed by atoms with Crippen LogP contribution in [-0.2, 0) is 9.53 Å². The van der Waals surface area contributed by atoms with Crippen molar-refractivity contribution >= 4 is 13.2 Å². The van der Waals surface area contributed by atoms with E-state index in [0.717, 1.165) is 0 Å². The highest BCUT2D eigenvalue weighted by atomic mass is 16.5. The van der Waals surface area contributed by atoms with Crippen molar-refractivity contribution < 1.29 is 9.53 Å². The van der Waals surface area contributed by atoms with Gasteiger partial charge in [0.2, 0.25) is 0 Å². The molecule has 7 heavy (non-hydrogen) atoms. The first-order valence-corrected chi connectivity index (χ1v) is 1.80. The smallest absolute Gasteiger partial charge is 0.419 e. The minimum absolute atomic E-state index is 0.461. The lowest BCUT2D eigenvalue weighted by Crippen LogP contribution is -2.00. The van der Waals surface area contributed by atoms with E-state index < -0.39 is 6.23 Å². The van der Waals surface area contributed by atoms with Crippen molar-refractivity contribution in [3.05, 3.63) is 0 Å². The van der Waals surface area contributed by atoms with Gasteiger partial charge >= 0.3 is 6.47 Å². The number of hydrogen-bond acceptors (Lipinski definition) is 3. The first kappa shape index (κ1) is 6.14. The van der Waals surface area contributed by atoms with Crippen molar-refractivity contribution in [3.63, 3.8) is 0 Å². The molecule has 0 aliphatic carbocycles. The van der Waals surface area contributed by atoms with Gasteiger partial charge in [0.1, 0.15) is 0 Å². The Hall–Kier alpha value is -0.860. The zero-order chi connectivity index (χ0) is 5.70. The van der Waals surface area contributed by atoms with Crippen LogP contribution in [0, 0.1) is 0 Å². The van der Waals surface area contributed by atoms with E-state index in [4.69, 9.17) is 0 Å². The Morgan fingerprint density at radius 2 is 2.57 bits per heavy atom. The van der Waals surface area contributed by atoms with E-state index in [9.17, 15) is 4.79 Å². The van der Waals surface area contributed by atoms with Gasteiger partial charge in [0.15, 0.2) is 6.23 Å². The van der Waals surface area contributed by atoms with E-state index in [0.29, 0.717) is 0 Å². The second kappa shape index (κ2) is 3.33. The third-order valence-corrected chi connectivity index (χ3v) is 0.476. The first-order valence-electron chi connectivity index (χ1n) is 1.80. The maximum atomic E-state index is 9.34. The van der Waals surface area contributed by atoms with E-state index in [2.05, 4.69) is 16.4 Å². The Kier molecular flexibility index (Phi) is 2.92. The molecule has 0 aromatic carbocycles. The van der Waals surface area contributed by atoms with Crippen LogP contribution < -0.4 is 0 Å². The Morgan fingerprint density at radius 3 is 2.71 bits per heavy atom. The lowest BCUT2D eigenvalue weighted by atomic mass is 10.7. The fraction of sp³-hybridized carbons (Fsp3) is 0.500. The van der Waals surface area contributed by atoms with Gasteiger partial charge in [-0.1, -0.05) is 0 Å². The van der Waals surface area contributed by atoms with Crippen LogP contribution in [0.4, 0.5) is 0 Å². The molecule has 0 aliphatic rings. The first-order chi connectivity index (χ1) is 3.31. The van der Waals surface area contributed by atoms with Gasteiger partial charge in [-0.15, -0.1) is 0 Å². The van der Waals surface area contributed by atoms with E-state index in [1.165, 1.54) is 6.47 Å². The van der Waals surface area contributed by atoms with Crippen molar-refractivity contribution in [1.29, 1.82) is 0 Å². The molecule has 3 nitrogen and oxygen atoms in total. The molecular formula is C4H6NO2. The normalized spacial score (nSPS) is 12.1. The summed E-state index contributed by atoms with van der Waals surface area (Å²) in [6.07, 6.45) is -0.461. The molecule has 0 aliphatic heterocycles. The lowest BCUT2D eigenvalue weighted by Gasteiger charge is -1.96. The summed E-state index contributed by atoms with van der Waals surface area (Å²) in [5.41, 5.74) is 0. The minimum Gasteiger partial charge on any atom is -0.432 e. The summed E-state index contributed by atoms with van der Waals surface area (Å²) in [5, 5.41) is 0. The monoisotopic (exact) mass is 100 g/mol. The Morgan fingerprint density at radius 1 is 2.00 bits per heavy atom. The average molecular weight is 100 g/mol. The molecule has 0 spiro atoms. The van der Waals surface area contributed by atoms with Gasteiger partial charge in [-0.25, -0.2) is 4.79 Å². The number of ether oxygens (including phenoxy) is 1. The Labute approximate surface area is 42.0 Å². The fourth-order valence-corrected chi connectivity index (χ4v) is 0.107. The summed E-state index contributed by atoms with van der Waals surface area (Å²) >= 11 is 0. The Balaban J connectivity index is 3.15. The summed E-state index contributed by atoms with van der Waals surface area (Å²) in [7, 11) is 0. The standard InChI is InChI=1S/C4H6NO2/c1-4(5-2)7-3-6/h4H,2H2,1H3. The molecule has 0 bridgehead atoms. The van der Waals surface area contributed by atoms with E-state index in [1.807, 2.05) is 0 Å². The van der Waals surface area contributed by atoms with Crippen molar-refractivity contribution in [1.82, 2.24) is 0 Å². The molecule has 39 valence electrons. The van der Waals surface area contributed by atoms with Crippen LogP contribution in [0.2, 0.25) is 0 Å². The molecule has 1 unspecified atom stereocenters. The van der Waals surface area contributed by atoms with Crippen LogP contribution in [0.15, 0.2) is 4.99 Å². The topological polar surface area (TPSA) is 38.7 Å². The van der Waals surface area contributed by atoms with E-state index in [-0.39, 0.29) is 0 Å². The zero-order valence-corrected chi connectivity index (χ0v) is 4.05. The highest BCUT2D eigenvalue weighted by molar-refractivity contribution is 5.38. The van der Waals surface area contributed by atoms with E-state index >= 15 is 0 Å². The molecule has 0 N–H and O–H groups in total. The molecule has 0 aromatic rings. The SMILES string of the molecule is C=NC(C)O[C]=O. The summed E-state index contributed by atoms with van der Waals surface area (Å²) < 4.78 is 4.16. The number of aliphatic imine (C=N–C) groups is 1. The van der Waals surface area contributed by atoms with Gasteiger partial charge in [0.05, 0.1) is 0 Å². The van der Waals surface area contributed by atoms with Crippen LogP contribution in [-0.4, -0.2) is 19.4 Å². The largest absolute Gasteiger partial charge is 0.432 e. The second-order valence-corrected chi connectivity index (χ2v) is 0.983. The summed E-state index contributed by atoms with van der Waals surface area (Å²) in [4.78, 5) is 12.7. The number of hydrogen-bond donors (Lipinski definition) is 0. The van der Waals surface area contributed by atoms with Crippen molar-refractivity contribution in [2.24, 2.45) is 4.99 Å². The molecule has 0 fully saturated rings. The maximum absolute atomic E-state index is 9.34. The molecule has 1 radical (unpaired) electrons. The molecule has 0 rings (SSSR count). The van der Waals surface area contributed by atoms with Gasteiger partial charge in [-0.3, -0.25) is 4.99 Å². The Bertz CT molecular complexity index is 72.1. The fourth-order valence-electron chi connectivity index (χ4n) is 0.107. The van der Waals surface area contributed by atoms with Crippen LogP contribution >= 0.6 is 0 Å². The highest BCUT2D eigenvalue weighted by Gasteiger charge is 1.90. The van der Waals surface area contributed by atoms with E-state index in [1.54, 1.807) is 6.92 Å². The van der Waals surface area contributed by atoms with Crippen molar-refractivity contribution in [2.75, 3.05) is 0 Å². The molecule has 0 aromatic heterocycles. The molecule has 0 saturated heterocycles. The quantitative estimate of drug-likeness (QED) is 0.472. The van der Waals surface area contributed by atoms with Crippen LogP contribution in [0.25, 0.3) is 0 Å². The molecule has 0 amide bonds. The van der Waals surface area contributed by atoms with Crippen molar-refractivity contribution in [3.8, 4) is 0 Å². The van der Waals surface area contributed by atoms with Crippen LogP contribution in [0.1, 0.15) is 6.92 Å². The van der Waals surface area contributed by atoms with Crippen LogP contribution in [0.3, 0.4) is 0 Å². The predicted octanol–water partition coefficient (Wildman–Crippen LogP) is 0.117. The zero-order valence-electron chi connectivity index (χ0n) is 4.05. The predicted molar refractivity (Wildman–Crippen MR) is 25.8 cm³/mol. The molecule has 0 heterocycles. The number of rotatable bonds is 3. The molecule has 1 atom stereocenters. The summed E-state index contributed by atoms with van der Waals surface area (Å²) in [6, 6.07) is 0. The third kappa shape index (κ3) is 2.96. The van der Waals surface area contributed by atoms with Crippen LogP contribution in [0.5, 0.6) is 0 Å². The summed E-state index contributed by atoms with van der Waals surface area (Å²) in [5.74, 6) is 0. The second-order valence-electron chi connectivity index (χ2n) is 0.983. The minimum atomic E-state index is -0.461. The van der Waals surface area contributed by atoms with Gasteiger partial charge in [-0.05, 0) is 13.6 Å². The van der Waals surface area contributed by atoms with Crippen molar-refractivity contribution in [2.45, 2.75) is 13.2 Å². The van der Waals surface area contributed by atoms with Gasteiger partial charge in [0, 0.05) is 0 Å². The van der Waals surface area contributed by atoms with Gasteiger partial charge < -0.3 is 4.74 Å². The maximum Gasteiger partial charge on any atom is 0.419 e. The summed E-state index contributed by atoms with van der Waals surface area (Å²) in [6.45, 7) is 5.96. The molecule has 0 saturated carbocycles. The van der Waals surface area contributed by atoms with Gasteiger partial charge in [0.25, 0.3) is 0 Å². The average Bonchev–Trinajstić information content (AvgIpc) is 1.68. The number of nitrogens with zero attached hydrogens (tertiary/aromatic N) is 1.